The monoisotopic (exact) mass is 414 g/mol. The largest absolute Gasteiger partial charge is 0.320 e. The number of ketones is 1. The zero-order valence-corrected chi connectivity index (χ0v) is 18.3. The first kappa shape index (κ1) is 24.9. The maximum Gasteiger partial charge on any atom is 0.257 e. The van der Waals surface area contributed by atoms with Crippen LogP contribution in [0.1, 0.15) is 29.9 Å². The smallest absolute Gasteiger partial charge is 0.257 e. The van der Waals surface area contributed by atoms with Gasteiger partial charge in [-0.15, -0.1) is 6.42 Å². The van der Waals surface area contributed by atoms with Crippen molar-refractivity contribution in [2.45, 2.75) is 20.8 Å². The Kier molecular flexibility index (Phi) is 10.0. The van der Waals surface area contributed by atoms with E-state index in [1.807, 2.05) is 6.92 Å². The van der Waals surface area contributed by atoms with Gasteiger partial charge in [0.25, 0.3) is 5.91 Å². The first-order chi connectivity index (χ1) is 14.8. The summed E-state index contributed by atoms with van der Waals surface area (Å²) in [6, 6.07) is 1.56. The first-order valence-electron chi connectivity index (χ1n) is 9.40. The molecule has 1 rings (SSSR count). The minimum Gasteiger partial charge on any atom is -0.320 e. The summed E-state index contributed by atoms with van der Waals surface area (Å²) in [5.41, 5.74) is 3.52. The molecule has 6 nitrogen and oxygen atoms in total. The molecular formula is C25H26N4O2. The van der Waals surface area contributed by atoms with Gasteiger partial charge in [-0.2, -0.15) is 0 Å². The van der Waals surface area contributed by atoms with Gasteiger partial charge in [-0.25, -0.2) is 0 Å². The van der Waals surface area contributed by atoms with Crippen molar-refractivity contribution in [2.24, 2.45) is 9.98 Å². The molecule has 1 aromatic heterocycles. The third kappa shape index (κ3) is 7.02. The molecule has 1 N–H and O–H groups in total. The quantitative estimate of drug-likeness (QED) is 0.213. The third-order valence-electron chi connectivity index (χ3n) is 4.16. The molecule has 0 aliphatic carbocycles. The molecule has 31 heavy (non-hydrogen) atoms. The number of carbonyl (C=O) groups is 2. The van der Waals surface area contributed by atoms with Crippen LogP contribution in [-0.2, 0) is 4.79 Å². The molecule has 0 radical (unpaired) electrons. The lowest BCUT2D eigenvalue weighted by atomic mass is 10.1. The van der Waals surface area contributed by atoms with Gasteiger partial charge in [0, 0.05) is 36.8 Å². The third-order valence-corrected chi connectivity index (χ3v) is 4.16. The van der Waals surface area contributed by atoms with Crippen LogP contribution in [-0.4, -0.2) is 36.2 Å². The fourth-order valence-electron chi connectivity index (χ4n) is 2.45. The lowest BCUT2D eigenvalue weighted by Gasteiger charge is -2.10. The van der Waals surface area contributed by atoms with E-state index in [0.29, 0.717) is 39.4 Å². The van der Waals surface area contributed by atoms with E-state index in [9.17, 15) is 9.59 Å². The van der Waals surface area contributed by atoms with Crippen LogP contribution in [0.15, 0.2) is 82.1 Å². The molecule has 0 spiro atoms. The number of hydrogen-bond acceptors (Lipinski definition) is 5. The Morgan fingerprint density at radius 1 is 1.26 bits per heavy atom. The molecule has 0 unspecified atom stereocenters. The molecule has 0 saturated carbocycles. The predicted molar refractivity (Wildman–Crippen MR) is 129 cm³/mol. The number of allylic oxidation sites excluding steroid dienone is 5. The Bertz CT molecular complexity index is 1080. The maximum atomic E-state index is 12.9. The molecule has 0 aromatic carbocycles. The average Bonchev–Trinajstić information content (AvgIpc) is 2.77. The highest BCUT2D eigenvalue weighted by Gasteiger charge is 2.14. The SMILES string of the molecule is C#C/C=C(C=C)/C(=C/C)/N=C\C(C)=C(\C=NC)C(=O)Nc1cc(C(=O)C=C)cnc1C. The van der Waals surface area contributed by atoms with Gasteiger partial charge in [0.1, 0.15) is 0 Å². The van der Waals surface area contributed by atoms with Gasteiger partial charge < -0.3 is 5.32 Å². The Morgan fingerprint density at radius 3 is 2.52 bits per heavy atom. The minimum absolute atomic E-state index is 0.283. The molecule has 0 aliphatic heterocycles. The van der Waals surface area contributed by atoms with Gasteiger partial charge in [0.15, 0.2) is 5.78 Å². The second kappa shape index (κ2) is 12.5. The van der Waals surface area contributed by atoms with Crippen LogP contribution in [0.4, 0.5) is 5.69 Å². The molecular weight excluding hydrogens is 388 g/mol. The van der Waals surface area contributed by atoms with Crippen molar-refractivity contribution in [3.8, 4) is 12.3 Å². The summed E-state index contributed by atoms with van der Waals surface area (Å²) < 4.78 is 0. The summed E-state index contributed by atoms with van der Waals surface area (Å²) in [4.78, 5) is 37.4. The molecule has 0 saturated heterocycles. The van der Waals surface area contributed by atoms with E-state index >= 15 is 0 Å². The number of carbonyl (C=O) groups excluding carboxylic acids is 2. The summed E-state index contributed by atoms with van der Waals surface area (Å²) in [6.07, 6.45) is 15.9. The van der Waals surface area contributed by atoms with Crippen LogP contribution < -0.4 is 5.32 Å². The van der Waals surface area contributed by atoms with Gasteiger partial charge in [-0.05, 0) is 44.6 Å². The number of nitrogens with zero attached hydrogens (tertiary/aromatic N) is 3. The van der Waals surface area contributed by atoms with Crippen LogP contribution in [0.3, 0.4) is 0 Å². The Morgan fingerprint density at radius 2 is 1.97 bits per heavy atom. The van der Waals surface area contributed by atoms with E-state index < -0.39 is 5.91 Å². The lowest BCUT2D eigenvalue weighted by Crippen LogP contribution is -2.18. The molecule has 0 aliphatic rings. The molecule has 0 fully saturated rings. The summed E-state index contributed by atoms with van der Waals surface area (Å²) in [5, 5.41) is 2.78. The number of hydrogen-bond donors (Lipinski definition) is 1. The number of pyridine rings is 1. The molecule has 6 heteroatoms. The van der Waals surface area contributed by atoms with E-state index in [1.165, 1.54) is 18.5 Å². The van der Waals surface area contributed by atoms with Crippen LogP contribution in [0, 0.1) is 19.3 Å². The van der Waals surface area contributed by atoms with Crippen molar-refractivity contribution < 1.29 is 9.59 Å². The van der Waals surface area contributed by atoms with E-state index in [0.717, 1.165) is 0 Å². The summed E-state index contributed by atoms with van der Waals surface area (Å²) in [7, 11) is 1.57. The summed E-state index contributed by atoms with van der Waals surface area (Å²) >= 11 is 0. The van der Waals surface area contributed by atoms with Crippen LogP contribution in [0.25, 0.3) is 0 Å². The first-order valence-corrected chi connectivity index (χ1v) is 9.40. The molecule has 1 amide bonds. The highest BCUT2D eigenvalue weighted by molar-refractivity contribution is 6.21. The van der Waals surface area contributed by atoms with Gasteiger partial charge in [-0.3, -0.25) is 24.6 Å². The maximum absolute atomic E-state index is 12.9. The van der Waals surface area contributed by atoms with Gasteiger partial charge in [0.2, 0.25) is 0 Å². The van der Waals surface area contributed by atoms with Crippen molar-refractivity contribution in [2.75, 3.05) is 12.4 Å². The van der Waals surface area contributed by atoms with Crippen LogP contribution >= 0.6 is 0 Å². The summed E-state index contributed by atoms with van der Waals surface area (Å²) in [6.45, 7) is 12.5. The van der Waals surface area contributed by atoms with Gasteiger partial charge in [0.05, 0.1) is 22.7 Å². The number of rotatable bonds is 9. The van der Waals surface area contributed by atoms with Crippen molar-refractivity contribution >= 4 is 29.8 Å². The zero-order chi connectivity index (χ0) is 23.4. The van der Waals surface area contributed by atoms with Crippen molar-refractivity contribution in [3.05, 3.63) is 83.4 Å². The number of aromatic nitrogens is 1. The topological polar surface area (TPSA) is 83.8 Å². The van der Waals surface area contributed by atoms with Crippen LogP contribution in [0.5, 0.6) is 0 Å². The number of aliphatic imine (C=N–C) groups is 2. The normalized spacial score (nSPS) is 13.0. The van der Waals surface area contributed by atoms with Crippen molar-refractivity contribution in [1.82, 2.24) is 4.98 Å². The van der Waals surface area contributed by atoms with E-state index in [2.05, 4.69) is 39.4 Å². The number of amides is 1. The minimum atomic E-state index is -0.409. The number of nitrogens with one attached hydrogen (secondary N) is 1. The Labute approximate surface area is 183 Å². The Balaban J connectivity index is 3.30. The lowest BCUT2D eigenvalue weighted by molar-refractivity contribution is -0.112. The van der Waals surface area contributed by atoms with Crippen molar-refractivity contribution in [3.63, 3.8) is 0 Å². The Hall–Kier alpha value is -4.11. The molecule has 0 atom stereocenters. The molecule has 1 heterocycles. The second-order valence-corrected chi connectivity index (χ2v) is 6.27. The van der Waals surface area contributed by atoms with E-state index in [-0.39, 0.29) is 5.78 Å². The average molecular weight is 415 g/mol. The number of aryl methyl sites for hydroxylation is 1. The number of anilines is 1. The highest BCUT2D eigenvalue weighted by atomic mass is 16.1. The standard InChI is InChI=1S/C25H26N4O2/c1-8-12-19(9-2)22(10-3)28-14-17(5)21(16-26-7)25(31)29-23-13-20(24(30)11-4)15-27-18(23)6/h1,9-16H,2,4H2,3,5-7H3,(H,29,31)/b19-12+,21-17-,22-10-,26-16?,28-14-. The predicted octanol–water partition coefficient (Wildman–Crippen LogP) is 4.43. The highest BCUT2D eigenvalue weighted by Crippen LogP contribution is 2.17. The van der Waals surface area contributed by atoms with E-state index in [1.54, 1.807) is 51.4 Å². The summed E-state index contributed by atoms with van der Waals surface area (Å²) in [5.74, 6) is 1.76. The van der Waals surface area contributed by atoms with Gasteiger partial charge >= 0.3 is 0 Å². The fourth-order valence-corrected chi connectivity index (χ4v) is 2.45. The van der Waals surface area contributed by atoms with Crippen molar-refractivity contribution in [1.29, 1.82) is 0 Å². The second-order valence-electron chi connectivity index (χ2n) is 6.27. The van der Waals surface area contributed by atoms with E-state index in [4.69, 9.17) is 6.42 Å². The zero-order valence-electron chi connectivity index (χ0n) is 18.3. The molecule has 1 aromatic rings. The molecule has 0 bridgehead atoms. The molecule has 158 valence electrons. The number of terminal acetylenes is 1. The fraction of sp³-hybridized carbons (Fsp3) is 0.160. The van der Waals surface area contributed by atoms with Crippen LogP contribution in [0.2, 0.25) is 0 Å². The van der Waals surface area contributed by atoms with Gasteiger partial charge in [-0.1, -0.05) is 31.2 Å².